The number of ether oxygens (including phenoxy) is 2. The summed E-state index contributed by atoms with van der Waals surface area (Å²) >= 11 is 1.65. The summed E-state index contributed by atoms with van der Waals surface area (Å²) in [6.45, 7) is 2.23. The van der Waals surface area contributed by atoms with Crippen LogP contribution in [-0.2, 0) is 15.1 Å². The lowest BCUT2D eigenvalue weighted by molar-refractivity contribution is -0.0268. The van der Waals surface area contributed by atoms with Crippen molar-refractivity contribution in [2.75, 3.05) is 19.9 Å². The van der Waals surface area contributed by atoms with Gasteiger partial charge < -0.3 is 14.8 Å². The number of rotatable bonds is 1. The van der Waals surface area contributed by atoms with E-state index in [0.717, 1.165) is 24.5 Å². The molecule has 76 valence electrons. The molecule has 2 saturated heterocycles. The molecule has 1 aromatic heterocycles. The Labute approximate surface area is 86.2 Å². The van der Waals surface area contributed by atoms with Crippen LogP contribution in [0.15, 0.2) is 11.6 Å². The average molecular weight is 212 g/mol. The second-order valence-corrected chi connectivity index (χ2v) is 4.49. The van der Waals surface area contributed by atoms with Crippen molar-refractivity contribution in [1.29, 1.82) is 0 Å². The van der Waals surface area contributed by atoms with Crippen molar-refractivity contribution in [3.63, 3.8) is 0 Å². The molecule has 0 bridgehead atoms. The fraction of sp³-hybridized carbons (Fsp3) is 0.667. The molecule has 14 heavy (non-hydrogen) atoms. The lowest BCUT2D eigenvalue weighted by Gasteiger charge is -2.34. The summed E-state index contributed by atoms with van der Waals surface area (Å²) in [6.07, 6.45) is 2.91. The molecule has 3 rings (SSSR count). The number of hydrogen-bond donors (Lipinski definition) is 1. The van der Waals surface area contributed by atoms with Crippen molar-refractivity contribution >= 4 is 11.3 Å². The van der Waals surface area contributed by atoms with Gasteiger partial charge in [0, 0.05) is 18.1 Å². The largest absolute Gasteiger partial charge is 0.347 e. The third-order valence-corrected chi connectivity index (χ3v) is 3.84. The first kappa shape index (κ1) is 8.79. The van der Waals surface area contributed by atoms with E-state index >= 15 is 0 Å². The zero-order chi connectivity index (χ0) is 9.43. The van der Waals surface area contributed by atoms with Gasteiger partial charge in [0.1, 0.15) is 17.9 Å². The highest BCUT2D eigenvalue weighted by molar-refractivity contribution is 7.09. The molecule has 2 aliphatic heterocycles. The Morgan fingerprint density at radius 2 is 2.64 bits per heavy atom. The van der Waals surface area contributed by atoms with Gasteiger partial charge in [-0.25, -0.2) is 4.98 Å². The molecule has 3 heterocycles. The summed E-state index contributed by atoms with van der Waals surface area (Å²) in [4.78, 5) is 4.36. The SMILES string of the molecule is c1csc([C@]23CCNC[C@H]2OCO3)n1. The van der Waals surface area contributed by atoms with Gasteiger partial charge in [-0.15, -0.1) is 11.3 Å². The monoisotopic (exact) mass is 212 g/mol. The van der Waals surface area contributed by atoms with Crippen molar-refractivity contribution in [2.24, 2.45) is 0 Å². The molecule has 0 saturated carbocycles. The van der Waals surface area contributed by atoms with Gasteiger partial charge in [-0.05, 0) is 13.0 Å². The second kappa shape index (κ2) is 3.27. The molecule has 2 atom stereocenters. The van der Waals surface area contributed by atoms with Gasteiger partial charge in [-0.1, -0.05) is 0 Å². The van der Waals surface area contributed by atoms with Crippen LogP contribution in [0.5, 0.6) is 0 Å². The van der Waals surface area contributed by atoms with Crippen LogP contribution >= 0.6 is 11.3 Å². The lowest BCUT2D eigenvalue weighted by Crippen LogP contribution is -2.50. The van der Waals surface area contributed by atoms with Crippen LogP contribution < -0.4 is 5.32 Å². The molecule has 4 nitrogen and oxygen atoms in total. The Morgan fingerprint density at radius 3 is 3.50 bits per heavy atom. The number of aromatic nitrogens is 1. The Balaban J connectivity index is 1.99. The zero-order valence-electron chi connectivity index (χ0n) is 7.73. The first-order valence-corrected chi connectivity index (χ1v) is 5.66. The van der Waals surface area contributed by atoms with Gasteiger partial charge in [-0.3, -0.25) is 0 Å². The smallest absolute Gasteiger partial charge is 0.151 e. The Morgan fingerprint density at radius 1 is 1.64 bits per heavy atom. The third-order valence-electron chi connectivity index (χ3n) is 2.90. The predicted octanol–water partition coefficient (Wildman–Crippen LogP) is 0.705. The van der Waals surface area contributed by atoms with E-state index in [1.165, 1.54) is 0 Å². The minimum atomic E-state index is -0.264. The molecular formula is C9H12N2O2S. The minimum Gasteiger partial charge on any atom is -0.347 e. The van der Waals surface area contributed by atoms with Crippen LogP contribution in [0.4, 0.5) is 0 Å². The summed E-state index contributed by atoms with van der Waals surface area (Å²) in [5.41, 5.74) is -0.264. The second-order valence-electron chi connectivity index (χ2n) is 3.60. The fourth-order valence-corrected chi connectivity index (χ4v) is 3.02. The van der Waals surface area contributed by atoms with E-state index in [2.05, 4.69) is 10.3 Å². The first-order valence-electron chi connectivity index (χ1n) is 4.78. The molecule has 0 amide bonds. The molecule has 2 fully saturated rings. The summed E-state index contributed by atoms with van der Waals surface area (Å²) in [5.74, 6) is 0. The minimum absolute atomic E-state index is 0.127. The standard InChI is InChI=1S/C9H12N2O2S/c1-2-10-5-7-9(1,13-6-12-7)8-11-3-4-14-8/h3-4,7,10H,1-2,5-6H2/t7-,9+/m1/s1. The number of fused-ring (bicyclic) bond motifs is 1. The van der Waals surface area contributed by atoms with Gasteiger partial charge in [0.25, 0.3) is 0 Å². The van der Waals surface area contributed by atoms with Crippen LogP contribution in [0.1, 0.15) is 11.4 Å². The fourth-order valence-electron chi connectivity index (χ4n) is 2.15. The number of nitrogens with zero attached hydrogens (tertiary/aromatic N) is 1. The van der Waals surface area contributed by atoms with Crippen molar-refractivity contribution < 1.29 is 9.47 Å². The summed E-state index contributed by atoms with van der Waals surface area (Å²) < 4.78 is 11.3. The Bertz CT molecular complexity index is 317. The van der Waals surface area contributed by atoms with E-state index in [-0.39, 0.29) is 11.7 Å². The maximum absolute atomic E-state index is 5.77. The van der Waals surface area contributed by atoms with Gasteiger partial charge in [0.2, 0.25) is 0 Å². The van der Waals surface area contributed by atoms with E-state index in [1.54, 1.807) is 11.3 Å². The van der Waals surface area contributed by atoms with Crippen molar-refractivity contribution in [2.45, 2.75) is 18.1 Å². The average Bonchev–Trinajstić information content (AvgIpc) is 2.87. The quantitative estimate of drug-likeness (QED) is 0.744. The van der Waals surface area contributed by atoms with Crippen LogP contribution in [0, 0.1) is 0 Å². The van der Waals surface area contributed by atoms with E-state index in [0.29, 0.717) is 6.79 Å². The van der Waals surface area contributed by atoms with Crippen molar-refractivity contribution in [3.05, 3.63) is 16.6 Å². The molecule has 5 heteroatoms. The van der Waals surface area contributed by atoms with Crippen LogP contribution in [0.2, 0.25) is 0 Å². The lowest BCUT2D eigenvalue weighted by atomic mass is 9.90. The molecule has 0 unspecified atom stereocenters. The summed E-state index contributed by atoms with van der Waals surface area (Å²) in [5, 5.41) is 6.36. The summed E-state index contributed by atoms with van der Waals surface area (Å²) in [7, 11) is 0. The van der Waals surface area contributed by atoms with Crippen LogP contribution in [0.3, 0.4) is 0 Å². The number of hydrogen-bond acceptors (Lipinski definition) is 5. The predicted molar refractivity (Wildman–Crippen MR) is 52.1 cm³/mol. The first-order chi connectivity index (χ1) is 6.92. The molecule has 1 aromatic rings. The normalized spacial score (nSPS) is 37.0. The van der Waals surface area contributed by atoms with E-state index in [9.17, 15) is 0 Å². The maximum atomic E-state index is 5.77. The van der Waals surface area contributed by atoms with Crippen molar-refractivity contribution in [3.8, 4) is 0 Å². The van der Waals surface area contributed by atoms with Crippen LogP contribution in [0.25, 0.3) is 0 Å². The van der Waals surface area contributed by atoms with E-state index < -0.39 is 0 Å². The molecule has 0 aliphatic carbocycles. The van der Waals surface area contributed by atoms with E-state index in [4.69, 9.17) is 9.47 Å². The number of piperidine rings is 1. The molecular weight excluding hydrogens is 200 g/mol. The van der Waals surface area contributed by atoms with Gasteiger partial charge in [-0.2, -0.15) is 0 Å². The highest BCUT2D eigenvalue weighted by Crippen LogP contribution is 2.41. The molecule has 0 radical (unpaired) electrons. The Hall–Kier alpha value is -0.490. The topological polar surface area (TPSA) is 43.4 Å². The highest BCUT2D eigenvalue weighted by atomic mass is 32.1. The van der Waals surface area contributed by atoms with Gasteiger partial charge >= 0.3 is 0 Å². The Kier molecular flexibility index (Phi) is 2.05. The zero-order valence-corrected chi connectivity index (χ0v) is 8.55. The van der Waals surface area contributed by atoms with Gasteiger partial charge in [0.05, 0.1) is 0 Å². The molecule has 2 aliphatic rings. The number of nitrogens with one attached hydrogen (secondary N) is 1. The third kappa shape index (κ3) is 1.13. The molecule has 1 N–H and O–H groups in total. The van der Waals surface area contributed by atoms with Gasteiger partial charge in [0.15, 0.2) is 5.60 Å². The molecule has 0 aromatic carbocycles. The van der Waals surface area contributed by atoms with Crippen molar-refractivity contribution in [1.82, 2.24) is 10.3 Å². The maximum Gasteiger partial charge on any atom is 0.151 e. The number of thiazole rings is 1. The van der Waals surface area contributed by atoms with Crippen LogP contribution in [-0.4, -0.2) is 31.0 Å². The highest BCUT2D eigenvalue weighted by Gasteiger charge is 2.50. The summed E-state index contributed by atoms with van der Waals surface area (Å²) in [6, 6.07) is 0. The van der Waals surface area contributed by atoms with E-state index in [1.807, 2.05) is 11.6 Å². The molecule has 0 spiro atoms.